The summed E-state index contributed by atoms with van der Waals surface area (Å²) in [6.07, 6.45) is 2.25. The number of benzene rings is 4. The summed E-state index contributed by atoms with van der Waals surface area (Å²) in [5.41, 5.74) is 10.3. The fourth-order valence-corrected chi connectivity index (χ4v) is 6.81. The van der Waals surface area contributed by atoms with Gasteiger partial charge in [-0.2, -0.15) is 0 Å². The first-order chi connectivity index (χ1) is 20.3. The van der Waals surface area contributed by atoms with Crippen molar-refractivity contribution >= 4 is 95.2 Å². The van der Waals surface area contributed by atoms with Crippen molar-refractivity contribution in [2.24, 2.45) is 0 Å². The predicted molar refractivity (Wildman–Crippen MR) is 197 cm³/mol. The van der Waals surface area contributed by atoms with Crippen molar-refractivity contribution in [2.45, 2.75) is 84.5 Å². The molecule has 1 nitrogen and oxygen atoms in total. The molecule has 7 heteroatoms. The van der Waals surface area contributed by atoms with Gasteiger partial charge in [0.25, 0.3) is 0 Å². The van der Waals surface area contributed by atoms with Crippen molar-refractivity contribution in [3.8, 4) is 11.1 Å². The molecule has 44 heavy (non-hydrogen) atoms. The van der Waals surface area contributed by atoms with Gasteiger partial charge in [-0.05, 0) is 106 Å². The number of nitrogens with zero attached hydrogens (tertiary/aromatic N) is 1. The Morgan fingerprint density at radius 1 is 0.659 bits per heavy atom. The van der Waals surface area contributed by atoms with E-state index in [2.05, 4.69) is 95.8 Å². The Hall–Kier alpha value is -2.71. The SMILES string of the molecule is [B]c1c([B])c([B])c(-c2cc(C(C)(C)C)ccc2N(c2cc(C)cc(Cl)c2)c2ccc3c(c2)C(C)(C)CCC3(C)C)c([B])c1[B]. The van der Waals surface area contributed by atoms with Gasteiger partial charge in [-0.1, -0.05) is 83.1 Å². The van der Waals surface area contributed by atoms with Crippen molar-refractivity contribution in [3.05, 3.63) is 81.9 Å². The zero-order valence-corrected chi connectivity index (χ0v) is 28.1. The number of hydrogen-bond donors (Lipinski definition) is 0. The molecule has 0 fully saturated rings. The Kier molecular flexibility index (Phi) is 8.37. The third-order valence-electron chi connectivity index (χ3n) is 9.45. The van der Waals surface area contributed by atoms with Gasteiger partial charge in [0, 0.05) is 22.0 Å². The molecule has 0 N–H and O–H groups in total. The van der Waals surface area contributed by atoms with E-state index in [9.17, 15) is 0 Å². The molecule has 0 bridgehead atoms. The summed E-state index contributed by atoms with van der Waals surface area (Å²) in [7, 11) is 32.5. The fourth-order valence-electron chi connectivity index (χ4n) is 6.53. The summed E-state index contributed by atoms with van der Waals surface area (Å²) in [5.74, 6) is 0. The topological polar surface area (TPSA) is 3.24 Å². The second-order valence-corrected chi connectivity index (χ2v) is 15.2. The molecule has 212 valence electrons. The number of aryl methyl sites for hydroxylation is 1. The lowest BCUT2D eigenvalue weighted by Gasteiger charge is -2.42. The number of halogens is 1. The summed E-state index contributed by atoms with van der Waals surface area (Å²) in [5, 5.41) is 0.650. The first kappa shape index (κ1) is 32.7. The van der Waals surface area contributed by atoms with Crippen LogP contribution in [0.4, 0.5) is 17.1 Å². The Bertz CT molecular complexity index is 1730. The highest BCUT2D eigenvalue weighted by atomic mass is 35.5. The second-order valence-electron chi connectivity index (χ2n) is 14.7. The molecule has 0 amide bonds. The van der Waals surface area contributed by atoms with E-state index in [4.69, 9.17) is 50.8 Å². The highest BCUT2D eigenvalue weighted by Gasteiger charge is 2.37. The largest absolute Gasteiger partial charge is 0.310 e. The van der Waals surface area contributed by atoms with Crippen LogP contribution < -0.4 is 32.2 Å². The Labute approximate surface area is 276 Å². The van der Waals surface area contributed by atoms with Crippen LogP contribution >= 0.6 is 11.6 Å². The Morgan fingerprint density at radius 3 is 1.80 bits per heavy atom. The molecule has 4 aromatic carbocycles. The van der Waals surface area contributed by atoms with Crippen LogP contribution in [-0.4, -0.2) is 39.2 Å². The predicted octanol–water partition coefficient (Wildman–Crippen LogP) is 5.40. The van der Waals surface area contributed by atoms with E-state index in [1.807, 2.05) is 19.1 Å². The highest BCUT2D eigenvalue weighted by molar-refractivity contribution is 6.68. The van der Waals surface area contributed by atoms with Gasteiger partial charge in [0.05, 0.1) is 5.69 Å². The van der Waals surface area contributed by atoms with Crippen LogP contribution in [0.5, 0.6) is 0 Å². The normalized spacial score (nSPS) is 15.6. The number of anilines is 3. The molecule has 5 rings (SSSR count). The summed E-state index contributed by atoms with van der Waals surface area (Å²) < 4.78 is 0. The second kappa shape index (κ2) is 11.3. The first-order valence-corrected chi connectivity index (χ1v) is 15.6. The quantitative estimate of drug-likeness (QED) is 0.290. The van der Waals surface area contributed by atoms with E-state index in [1.165, 1.54) is 11.1 Å². The van der Waals surface area contributed by atoms with Crippen LogP contribution in [0.15, 0.2) is 54.6 Å². The maximum atomic E-state index is 6.72. The van der Waals surface area contributed by atoms with E-state index in [1.54, 1.807) is 0 Å². The third-order valence-corrected chi connectivity index (χ3v) is 9.67. The highest BCUT2D eigenvalue weighted by Crippen LogP contribution is 2.49. The van der Waals surface area contributed by atoms with Crippen molar-refractivity contribution < 1.29 is 0 Å². The molecule has 0 aliphatic heterocycles. The van der Waals surface area contributed by atoms with E-state index in [-0.39, 0.29) is 32.6 Å². The molecule has 0 aromatic heterocycles. The molecule has 1 aliphatic rings. The average molecular weight is 585 g/mol. The van der Waals surface area contributed by atoms with Gasteiger partial charge in [0.2, 0.25) is 0 Å². The lowest BCUT2D eigenvalue weighted by atomic mass is 9.59. The number of rotatable bonds is 4. The van der Waals surface area contributed by atoms with Crippen LogP contribution in [-0.2, 0) is 16.2 Å². The van der Waals surface area contributed by atoms with Crippen LogP contribution in [0.2, 0.25) is 5.02 Å². The zero-order valence-electron chi connectivity index (χ0n) is 27.3. The van der Waals surface area contributed by atoms with Crippen LogP contribution in [0, 0.1) is 6.92 Å². The van der Waals surface area contributed by atoms with Gasteiger partial charge < -0.3 is 4.90 Å². The van der Waals surface area contributed by atoms with Gasteiger partial charge in [-0.15, -0.1) is 16.4 Å². The molecular formula is C37H37B5ClN. The zero-order chi connectivity index (χ0) is 32.5. The van der Waals surface area contributed by atoms with Gasteiger partial charge in [-0.3, -0.25) is 0 Å². The lowest BCUT2D eigenvalue weighted by molar-refractivity contribution is 0.332. The van der Waals surface area contributed by atoms with Crippen molar-refractivity contribution in [3.63, 3.8) is 0 Å². The van der Waals surface area contributed by atoms with Crippen LogP contribution in [0.3, 0.4) is 0 Å². The maximum Gasteiger partial charge on any atom is 0.113 e. The minimum atomic E-state index is -0.152. The molecule has 0 saturated heterocycles. The molecule has 4 aromatic rings. The number of fused-ring (bicyclic) bond motifs is 1. The molecule has 0 heterocycles. The van der Waals surface area contributed by atoms with Gasteiger partial charge in [-0.25, -0.2) is 0 Å². The monoisotopic (exact) mass is 585 g/mol. The summed E-state index contributed by atoms with van der Waals surface area (Å²) >= 11 is 6.70. The summed E-state index contributed by atoms with van der Waals surface area (Å²) in [6.45, 7) is 17.9. The smallest absolute Gasteiger partial charge is 0.113 e. The molecule has 1 aliphatic carbocycles. The molecule has 0 spiro atoms. The number of hydrogen-bond acceptors (Lipinski definition) is 1. The van der Waals surface area contributed by atoms with Crippen molar-refractivity contribution in [1.82, 2.24) is 0 Å². The van der Waals surface area contributed by atoms with Gasteiger partial charge in [0.15, 0.2) is 0 Å². The van der Waals surface area contributed by atoms with E-state index in [0.29, 0.717) is 21.5 Å². The Balaban J connectivity index is 1.90. The van der Waals surface area contributed by atoms with E-state index < -0.39 is 0 Å². The molecule has 10 radical (unpaired) electrons. The third kappa shape index (κ3) is 5.73. The molecule has 0 saturated carbocycles. The van der Waals surface area contributed by atoms with E-state index in [0.717, 1.165) is 46.6 Å². The van der Waals surface area contributed by atoms with Crippen molar-refractivity contribution in [1.29, 1.82) is 0 Å². The minimum absolute atomic E-state index is 0.0183. The Morgan fingerprint density at radius 2 is 1.23 bits per heavy atom. The van der Waals surface area contributed by atoms with Crippen LogP contribution in [0.1, 0.15) is 83.6 Å². The van der Waals surface area contributed by atoms with Crippen molar-refractivity contribution in [2.75, 3.05) is 4.90 Å². The molecular weight excluding hydrogens is 548 g/mol. The fraction of sp³-hybridized carbons (Fsp3) is 0.351. The van der Waals surface area contributed by atoms with E-state index >= 15 is 0 Å². The van der Waals surface area contributed by atoms with Gasteiger partial charge >= 0.3 is 0 Å². The standard InChI is InChI=1S/C37H37B5ClN/c1-20-15-22(43)18-24(16-20)44(23-10-11-26-27(19-23)37(7,8)14-13-36(26,5)6)28-12-9-21(35(2,3)4)17-25(28)29-30(38)32(40)34(42)33(41)31(29)39/h9-12,15-19H,13-14H2,1-8H3. The lowest BCUT2D eigenvalue weighted by Crippen LogP contribution is -2.55. The first-order valence-electron chi connectivity index (χ1n) is 15.2. The maximum absolute atomic E-state index is 6.72. The average Bonchev–Trinajstić information content (AvgIpc) is 2.93. The van der Waals surface area contributed by atoms with Gasteiger partial charge in [0.1, 0.15) is 39.2 Å². The molecule has 0 atom stereocenters. The molecule has 0 unspecified atom stereocenters. The minimum Gasteiger partial charge on any atom is -0.310 e. The summed E-state index contributed by atoms with van der Waals surface area (Å²) in [4.78, 5) is 2.24. The van der Waals surface area contributed by atoms with Crippen LogP contribution in [0.25, 0.3) is 11.1 Å². The summed E-state index contributed by atoms with van der Waals surface area (Å²) in [6, 6.07) is 19.4.